The van der Waals surface area contributed by atoms with E-state index in [1.54, 1.807) is 11.3 Å². The fraction of sp³-hybridized carbons (Fsp3) is 0.750. The smallest absolute Gasteiger partial charge is 0.261 e. The maximum absolute atomic E-state index is 12.6. The van der Waals surface area contributed by atoms with Crippen LogP contribution in [0, 0.1) is 5.92 Å². The maximum atomic E-state index is 12.6. The average molecular weight is 347 g/mol. The highest BCUT2D eigenvalue weighted by Gasteiger charge is 2.25. The Labute approximate surface area is 149 Å². The Morgan fingerprint density at radius 3 is 2.58 bits per heavy atom. The summed E-state index contributed by atoms with van der Waals surface area (Å²) in [6.45, 7) is 3.60. The Balaban J connectivity index is 1.25. The van der Waals surface area contributed by atoms with Gasteiger partial charge in [0.2, 0.25) is 0 Å². The minimum atomic E-state index is 0.170. The van der Waals surface area contributed by atoms with E-state index in [1.165, 1.54) is 68.4 Å². The summed E-state index contributed by atoms with van der Waals surface area (Å²) in [7, 11) is 0. The molecule has 24 heavy (non-hydrogen) atoms. The van der Waals surface area contributed by atoms with E-state index in [2.05, 4.69) is 16.3 Å². The van der Waals surface area contributed by atoms with Crippen molar-refractivity contribution in [2.24, 2.45) is 5.92 Å². The van der Waals surface area contributed by atoms with Crippen molar-refractivity contribution < 1.29 is 4.79 Å². The lowest BCUT2D eigenvalue weighted by atomic mass is 9.99. The molecule has 0 bridgehead atoms. The van der Waals surface area contributed by atoms with Gasteiger partial charge in [0.25, 0.3) is 5.91 Å². The molecular formula is C20H30N2OS. The summed E-state index contributed by atoms with van der Waals surface area (Å²) in [5.74, 6) is 1.11. The number of hydrogen-bond acceptors (Lipinski definition) is 3. The van der Waals surface area contributed by atoms with Crippen molar-refractivity contribution in [2.45, 2.75) is 70.3 Å². The molecule has 2 fully saturated rings. The third-order valence-corrected chi connectivity index (χ3v) is 7.37. The van der Waals surface area contributed by atoms with Crippen LogP contribution >= 0.6 is 11.3 Å². The lowest BCUT2D eigenvalue weighted by Gasteiger charge is -2.33. The highest BCUT2D eigenvalue weighted by molar-refractivity contribution is 7.14. The molecule has 1 aliphatic heterocycles. The Morgan fingerprint density at radius 1 is 1.08 bits per heavy atom. The van der Waals surface area contributed by atoms with Crippen LogP contribution < -0.4 is 5.32 Å². The number of rotatable bonds is 4. The van der Waals surface area contributed by atoms with Crippen molar-refractivity contribution in [3.05, 3.63) is 21.4 Å². The molecule has 0 atom stereocenters. The number of likely N-dealkylation sites (tertiary alicyclic amines) is 1. The number of carbonyl (C=O) groups is 1. The largest absolute Gasteiger partial charge is 0.349 e. The number of nitrogens with zero attached hydrogens (tertiary/aromatic N) is 1. The summed E-state index contributed by atoms with van der Waals surface area (Å²) in [5, 5.41) is 3.30. The summed E-state index contributed by atoms with van der Waals surface area (Å²) in [4.78, 5) is 17.6. The van der Waals surface area contributed by atoms with Gasteiger partial charge in [-0.15, -0.1) is 11.3 Å². The van der Waals surface area contributed by atoms with Gasteiger partial charge >= 0.3 is 0 Å². The first-order valence-corrected chi connectivity index (χ1v) is 10.7. The average Bonchev–Trinajstić information content (AvgIpc) is 3.25. The summed E-state index contributed by atoms with van der Waals surface area (Å²) in [6.07, 6.45) is 12.9. The fourth-order valence-electron chi connectivity index (χ4n) is 4.68. The van der Waals surface area contributed by atoms with Crippen molar-refractivity contribution in [1.29, 1.82) is 0 Å². The summed E-state index contributed by atoms with van der Waals surface area (Å²) in [5.41, 5.74) is 1.43. The van der Waals surface area contributed by atoms with Crippen molar-refractivity contribution in [3.63, 3.8) is 0 Å². The molecule has 1 aromatic heterocycles. The van der Waals surface area contributed by atoms with E-state index in [4.69, 9.17) is 0 Å². The third kappa shape index (κ3) is 3.85. The minimum absolute atomic E-state index is 0.170. The summed E-state index contributed by atoms with van der Waals surface area (Å²) < 4.78 is 0. The second kappa shape index (κ2) is 7.57. The van der Waals surface area contributed by atoms with Crippen LogP contribution in [0.1, 0.15) is 71.5 Å². The van der Waals surface area contributed by atoms with E-state index < -0.39 is 0 Å². The molecule has 0 radical (unpaired) electrons. The highest BCUT2D eigenvalue weighted by atomic mass is 32.1. The monoisotopic (exact) mass is 346 g/mol. The first-order chi connectivity index (χ1) is 11.8. The van der Waals surface area contributed by atoms with Gasteiger partial charge in [-0.2, -0.15) is 0 Å². The number of hydrogen-bond donors (Lipinski definition) is 1. The first kappa shape index (κ1) is 16.6. The third-order valence-electron chi connectivity index (χ3n) is 6.13. The van der Waals surface area contributed by atoms with Gasteiger partial charge in [-0.1, -0.05) is 12.8 Å². The zero-order valence-corrected chi connectivity index (χ0v) is 15.5. The number of amides is 1. The molecule has 2 heterocycles. The first-order valence-electron chi connectivity index (χ1n) is 9.93. The molecular weight excluding hydrogens is 316 g/mol. The fourth-order valence-corrected chi connectivity index (χ4v) is 5.83. The van der Waals surface area contributed by atoms with Gasteiger partial charge in [-0.25, -0.2) is 0 Å². The number of nitrogens with one attached hydrogen (secondary N) is 1. The SMILES string of the molecule is O=C(NC1CCN(CC2CCCC2)CC1)c1cc2c(s1)CCCC2. The minimum Gasteiger partial charge on any atom is -0.349 e. The molecule has 0 aromatic carbocycles. The van der Waals surface area contributed by atoms with Crippen LogP contribution in [0.4, 0.5) is 0 Å². The predicted molar refractivity (Wildman–Crippen MR) is 99.8 cm³/mol. The molecule has 1 saturated heterocycles. The molecule has 1 amide bonds. The number of aryl methyl sites for hydroxylation is 2. The van der Waals surface area contributed by atoms with Gasteiger partial charge in [0, 0.05) is 30.6 Å². The van der Waals surface area contributed by atoms with Crippen LogP contribution in [0.5, 0.6) is 0 Å². The van der Waals surface area contributed by atoms with E-state index >= 15 is 0 Å². The summed E-state index contributed by atoms with van der Waals surface area (Å²) >= 11 is 1.73. The van der Waals surface area contributed by atoms with Gasteiger partial charge < -0.3 is 10.2 Å². The topological polar surface area (TPSA) is 32.3 Å². The Bertz CT molecular complexity index is 545. The van der Waals surface area contributed by atoms with Gasteiger partial charge in [0.15, 0.2) is 0 Å². The van der Waals surface area contributed by atoms with Crippen LogP contribution in [0.25, 0.3) is 0 Å². The Morgan fingerprint density at radius 2 is 1.83 bits per heavy atom. The zero-order chi connectivity index (χ0) is 16.4. The second-order valence-corrected chi connectivity index (χ2v) is 9.10. The highest BCUT2D eigenvalue weighted by Crippen LogP contribution is 2.30. The van der Waals surface area contributed by atoms with Crippen LogP contribution in [0.2, 0.25) is 0 Å². The molecule has 4 rings (SSSR count). The normalized spacial score (nSPS) is 23.3. The standard InChI is InChI=1S/C20H30N2OS/c23-20(19-13-16-7-3-4-8-18(16)24-19)21-17-9-11-22(12-10-17)14-15-5-1-2-6-15/h13,15,17H,1-12,14H2,(H,21,23). The van der Waals surface area contributed by atoms with Crippen LogP contribution in [0.15, 0.2) is 6.07 Å². The van der Waals surface area contributed by atoms with Gasteiger partial charge in [-0.3, -0.25) is 4.79 Å². The molecule has 0 unspecified atom stereocenters. The molecule has 2 aliphatic carbocycles. The number of thiophene rings is 1. The van der Waals surface area contributed by atoms with Crippen molar-refractivity contribution in [3.8, 4) is 0 Å². The van der Waals surface area contributed by atoms with Crippen molar-refractivity contribution in [2.75, 3.05) is 19.6 Å². The van der Waals surface area contributed by atoms with E-state index in [0.29, 0.717) is 6.04 Å². The Kier molecular flexibility index (Phi) is 5.23. The van der Waals surface area contributed by atoms with E-state index in [-0.39, 0.29) is 5.91 Å². The van der Waals surface area contributed by atoms with Crippen molar-refractivity contribution >= 4 is 17.2 Å². The van der Waals surface area contributed by atoms with E-state index in [0.717, 1.165) is 36.7 Å². The maximum Gasteiger partial charge on any atom is 0.261 e. The number of piperidine rings is 1. The summed E-state index contributed by atoms with van der Waals surface area (Å²) in [6, 6.07) is 2.53. The number of fused-ring (bicyclic) bond motifs is 1. The predicted octanol–water partition coefficient (Wildman–Crippen LogP) is 4.01. The van der Waals surface area contributed by atoms with Crippen LogP contribution in [-0.4, -0.2) is 36.5 Å². The molecule has 4 heteroatoms. The van der Waals surface area contributed by atoms with Gasteiger partial charge in [0.05, 0.1) is 4.88 Å². The molecule has 3 aliphatic rings. The van der Waals surface area contributed by atoms with Gasteiger partial charge in [-0.05, 0) is 68.9 Å². The molecule has 132 valence electrons. The number of carbonyl (C=O) groups excluding carboxylic acids is 1. The molecule has 3 nitrogen and oxygen atoms in total. The van der Waals surface area contributed by atoms with Crippen LogP contribution in [0.3, 0.4) is 0 Å². The second-order valence-electron chi connectivity index (χ2n) is 7.96. The quantitative estimate of drug-likeness (QED) is 0.893. The van der Waals surface area contributed by atoms with Crippen LogP contribution in [-0.2, 0) is 12.8 Å². The molecule has 1 saturated carbocycles. The van der Waals surface area contributed by atoms with E-state index in [9.17, 15) is 4.79 Å². The van der Waals surface area contributed by atoms with Gasteiger partial charge in [0.1, 0.15) is 0 Å². The lowest BCUT2D eigenvalue weighted by Crippen LogP contribution is -2.45. The molecule has 0 spiro atoms. The molecule has 1 N–H and O–H groups in total. The van der Waals surface area contributed by atoms with Crippen molar-refractivity contribution in [1.82, 2.24) is 10.2 Å². The molecule has 1 aromatic rings. The zero-order valence-electron chi connectivity index (χ0n) is 14.7. The lowest BCUT2D eigenvalue weighted by molar-refractivity contribution is 0.0910. The van der Waals surface area contributed by atoms with E-state index in [1.807, 2.05) is 0 Å². The Hall–Kier alpha value is -0.870.